The monoisotopic (exact) mass is 265 g/mol. The van der Waals surface area contributed by atoms with Crippen LogP contribution in [0.3, 0.4) is 0 Å². The first kappa shape index (κ1) is 14.6. The summed E-state index contributed by atoms with van der Waals surface area (Å²) < 4.78 is 4.77. The lowest BCUT2D eigenvalue weighted by Crippen LogP contribution is -2.11. The van der Waals surface area contributed by atoms with Crippen molar-refractivity contribution in [2.45, 2.75) is 24.7 Å². The molecule has 0 atom stereocenters. The summed E-state index contributed by atoms with van der Waals surface area (Å²) in [4.78, 5) is 13.2. The summed E-state index contributed by atoms with van der Waals surface area (Å²) in [5.41, 5.74) is 0. The highest BCUT2D eigenvalue weighted by Crippen LogP contribution is 2.26. The van der Waals surface area contributed by atoms with Crippen LogP contribution < -0.4 is 5.32 Å². The summed E-state index contributed by atoms with van der Waals surface area (Å²) in [6, 6.07) is 9.77. The van der Waals surface area contributed by atoms with E-state index in [-0.39, 0.29) is 5.97 Å². The van der Waals surface area contributed by atoms with Gasteiger partial charge in [-0.1, -0.05) is 43.3 Å². The van der Waals surface area contributed by atoms with E-state index in [0.29, 0.717) is 4.91 Å². The Morgan fingerprint density at radius 2 is 2.11 bits per heavy atom. The van der Waals surface area contributed by atoms with Gasteiger partial charge in [-0.25, -0.2) is 4.79 Å². The SMILES string of the molecule is CCCCN/C=C(\Sc1ccccc1)C(=O)OC. The number of thioether (sulfide) groups is 1. The second-order valence-electron chi connectivity index (χ2n) is 3.72. The van der Waals surface area contributed by atoms with Crippen molar-refractivity contribution in [3.05, 3.63) is 41.4 Å². The summed E-state index contributed by atoms with van der Waals surface area (Å²) in [7, 11) is 1.40. The lowest BCUT2D eigenvalue weighted by atomic mass is 10.3. The molecule has 0 unspecified atom stereocenters. The van der Waals surface area contributed by atoms with Crippen LogP contribution >= 0.6 is 11.8 Å². The molecule has 0 aromatic heterocycles. The number of benzene rings is 1. The molecular weight excluding hydrogens is 246 g/mol. The predicted molar refractivity (Wildman–Crippen MR) is 75.3 cm³/mol. The van der Waals surface area contributed by atoms with Crippen LogP contribution in [0.25, 0.3) is 0 Å². The van der Waals surface area contributed by atoms with Gasteiger partial charge in [-0.05, 0) is 18.6 Å². The van der Waals surface area contributed by atoms with Crippen LogP contribution in [0.5, 0.6) is 0 Å². The second kappa shape index (κ2) is 8.64. The van der Waals surface area contributed by atoms with Gasteiger partial charge in [-0.15, -0.1) is 0 Å². The van der Waals surface area contributed by atoms with E-state index in [2.05, 4.69) is 12.2 Å². The quantitative estimate of drug-likeness (QED) is 0.356. The van der Waals surface area contributed by atoms with Gasteiger partial charge < -0.3 is 10.1 Å². The van der Waals surface area contributed by atoms with Crippen LogP contribution in [0.15, 0.2) is 46.3 Å². The lowest BCUT2D eigenvalue weighted by molar-refractivity contribution is -0.135. The first-order valence-corrected chi connectivity index (χ1v) is 6.84. The van der Waals surface area contributed by atoms with Crippen molar-refractivity contribution in [2.24, 2.45) is 0 Å². The van der Waals surface area contributed by atoms with Crippen LogP contribution in [0.2, 0.25) is 0 Å². The number of hydrogen-bond donors (Lipinski definition) is 1. The maximum absolute atomic E-state index is 11.6. The number of esters is 1. The van der Waals surface area contributed by atoms with E-state index in [9.17, 15) is 4.79 Å². The molecule has 0 fully saturated rings. The Bertz CT molecular complexity index is 390. The lowest BCUT2D eigenvalue weighted by Gasteiger charge is -2.06. The van der Waals surface area contributed by atoms with Crippen LogP contribution in [0.4, 0.5) is 0 Å². The zero-order valence-electron chi connectivity index (χ0n) is 10.8. The zero-order valence-corrected chi connectivity index (χ0v) is 11.6. The molecule has 1 aromatic rings. The Morgan fingerprint density at radius 3 is 2.72 bits per heavy atom. The number of rotatable bonds is 7. The van der Waals surface area contributed by atoms with E-state index in [1.54, 1.807) is 6.20 Å². The molecule has 1 rings (SSSR count). The van der Waals surface area contributed by atoms with Crippen molar-refractivity contribution >= 4 is 17.7 Å². The summed E-state index contributed by atoms with van der Waals surface area (Å²) in [5, 5.41) is 3.14. The van der Waals surface area contributed by atoms with E-state index in [0.717, 1.165) is 24.3 Å². The smallest absolute Gasteiger partial charge is 0.346 e. The first-order valence-electron chi connectivity index (χ1n) is 6.02. The highest BCUT2D eigenvalue weighted by atomic mass is 32.2. The van der Waals surface area contributed by atoms with Gasteiger partial charge in [-0.2, -0.15) is 0 Å². The summed E-state index contributed by atoms with van der Waals surface area (Å²) in [5.74, 6) is -0.312. The molecule has 0 heterocycles. The molecule has 0 bridgehead atoms. The molecule has 0 aliphatic rings. The first-order chi connectivity index (χ1) is 8.77. The number of nitrogens with one attached hydrogen (secondary N) is 1. The van der Waals surface area contributed by atoms with E-state index >= 15 is 0 Å². The molecule has 0 spiro atoms. The number of carbonyl (C=O) groups excluding carboxylic acids is 1. The number of hydrogen-bond acceptors (Lipinski definition) is 4. The Hall–Kier alpha value is -1.42. The average molecular weight is 265 g/mol. The minimum atomic E-state index is -0.312. The molecule has 18 heavy (non-hydrogen) atoms. The van der Waals surface area contributed by atoms with Crippen molar-refractivity contribution < 1.29 is 9.53 Å². The Labute approximate surface area is 113 Å². The highest BCUT2D eigenvalue weighted by molar-refractivity contribution is 8.04. The van der Waals surface area contributed by atoms with E-state index in [1.807, 2.05) is 30.3 Å². The summed E-state index contributed by atoms with van der Waals surface area (Å²) >= 11 is 1.40. The topological polar surface area (TPSA) is 38.3 Å². The standard InChI is InChI=1S/C14H19NO2S/c1-3-4-10-15-11-13(14(16)17-2)18-12-8-6-5-7-9-12/h5-9,11,15H,3-4,10H2,1-2H3/b13-11-. The van der Waals surface area contributed by atoms with Gasteiger partial charge in [0, 0.05) is 17.6 Å². The van der Waals surface area contributed by atoms with Crippen LogP contribution in [-0.2, 0) is 9.53 Å². The minimum Gasteiger partial charge on any atom is -0.465 e. The predicted octanol–water partition coefficient (Wildman–Crippen LogP) is 3.18. The third kappa shape index (κ3) is 5.27. The average Bonchev–Trinajstić information content (AvgIpc) is 2.42. The number of unbranched alkanes of at least 4 members (excludes halogenated alkanes) is 1. The molecule has 3 nitrogen and oxygen atoms in total. The van der Waals surface area contributed by atoms with Crippen molar-refractivity contribution in [1.82, 2.24) is 5.32 Å². The van der Waals surface area contributed by atoms with Crippen molar-refractivity contribution in [2.75, 3.05) is 13.7 Å². The fourth-order valence-electron chi connectivity index (χ4n) is 1.29. The molecule has 98 valence electrons. The van der Waals surface area contributed by atoms with Gasteiger partial charge >= 0.3 is 5.97 Å². The fraction of sp³-hybridized carbons (Fsp3) is 0.357. The molecule has 0 aliphatic carbocycles. The fourth-order valence-corrected chi connectivity index (χ4v) is 2.15. The zero-order chi connectivity index (χ0) is 13.2. The number of ether oxygens (including phenoxy) is 1. The van der Waals surface area contributed by atoms with Gasteiger partial charge in [0.25, 0.3) is 0 Å². The molecule has 0 saturated carbocycles. The molecule has 0 radical (unpaired) electrons. The molecule has 1 aromatic carbocycles. The largest absolute Gasteiger partial charge is 0.465 e. The summed E-state index contributed by atoms with van der Waals surface area (Å²) in [6.45, 7) is 3.00. The second-order valence-corrected chi connectivity index (χ2v) is 4.84. The van der Waals surface area contributed by atoms with Gasteiger partial charge in [0.05, 0.1) is 7.11 Å². The maximum atomic E-state index is 11.6. The molecule has 4 heteroatoms. The molecule has 1 N–H and O–H groups in total. The number of carbonyl (C=O) groups is 1. The van der Waals surface area contributed by atoms with Crippen LogP contribution in [0, 0.1) is 0 Å². The van der Waals surface area contributed by atoms with Crippen LogP contribution in [-0.4, -0.2) is 19.6 Å². The Morgan fingerprint density at radius 1 is 1.39 bits per heavy atom. The third-order valence-corrected chi connectivity index (χ3v) is 3.28. The molecule has 0 amide bonds. The molecular formula is C14H19NO2S. The Kier molecular flexibility index (Phi) is 7.03. The van der Waals surface area contributed by atoms with E-state index in [1.165, 1.54) is 18.9 Å². The maximum Gasteiger partial charge on any atom is 0.346 e. The van der Waals surface area contributed by atoms with Crippen LogP contribution in [0.1, 0.15) is 19.8 Å². The van der Waals surface area contributed by atoms with E-state index < -0.39 is 0 Å². The van der Waals surface area contributed by atoms with Crippen molar-refractivity contribution in [3.8, 4) is 0 Å². The summed E-state index contributed by atoms with van der Waals surface area (Å²) in [6.07, 6.45) is 3.94. The Balaban J connectivity index is 2.64. The normalized spacial score (nSPS) is 11.1. The highest BCUT2D eigenvalue weighted by Gasteiger charge is 2.11. The molecule has 0 saturated heterocycles. The van der Waals surface area contributed by atoms with Crippen molar-refractivity contribution in [3.63, 3.8) is 0 Å². The molecule has 0 aliphatic heterocycles. The van der Waals surface area contributed by atoms with Crippen molar-refractivity contribution in [1.29, 1.82) is 0 Å². The van der Waals surface area contributed by atoms with Gasteiger partial charge in [0.1, 0.15) is 4.91 Å². The third-order valence-electron chi connectivity index (χ3n) is 2.27. The van der Waals surface area contributed by atoms with Gasteiger partial charge in [0.15, 0.2) is 0 Å². The number of methoxy groups -OCH3 is 1. The van der Waals surface area contributed by atoms with E-state index in [4.69, 9.17) is 4.74 Å². The van der Waals surface area contributed by atoms with Gasteiger partial charge in [0.2, 0.25) is 0 Å². The van der Waals surface area contributed by atoms with Gasteiger partial charge in [-0.3, -0.25) is 0 Å². The minimum absolute atomic E-state index is 0.312.